The van der Waals surface area contributed by atoms with Crippen LogP contribution in [-0.2, 0) is 14.8 Å². The summed E-state index contributed by atoms with van der Waals surface area (Å²) in [6, 6.07) is 10.5. The zero-order valence-corrected chi connectivity index (χ0v) is 19.2. The Labute approximate surface area is 175 Å². The van der Waals surface area contributed by atoms with Crippen LogP contribution in [0.25, 0.3) is 0 Å². The fraction of sp³-hybridized carbons (Fsp3) is 0.435. The second-order valence-corrected chi connectivity index (χ2v) is 9.68. The molecule has 2 rings (SSSR count). The van der Waals surface area contributed by atoms with Crippen molar-refractivity contribution in [3.05, 3.63) is 64.2 Å². The smallest absolute Gasteiger partial charge is 0.244 e. The van der Waals surface area contributed by atoms with Gasteiger partial charge in [-0.3, -0.25) is 9.10 Å². The number of aryl methyl sites for hydroxylation is 4. The van der Waals surface area contributed by atoms with Crippen molar-refractivity contribution in [2.75, 3.05) is 10.6 Å². The van der Waals surface area contributed by atoms with Crippen LogP contribution >= 0.6 is 0 Å². The van der Waals surface area contributed by atoms with E-state index in [9.17, 15) is 13.2 Å². The van der Waals surface area contributed by atoms with Crippen LogP contribution in [-0.4, -0.2) is 26.6 Å². The highest BCUT2D eigenvalue weighted by Gasteiger charge is 2.30. The van der Waals surface area contributed by atoms with Crippen molar-refractivity contribution in [1.29, 1.82) is 0 Å². The fourth-order valence-electron chi connectivity index (χ4n) is 3.37. The van der Waals surface area contributed by atoms with Crippen molar-refractivity contribution in [2.24, 2.45) is 0 Å². The van der Waals surface area contributed by atoms with Gasteiger partial charge in [0.1, 0.15) is 6.04 Å². The third-order valence-electron chi connectivity index (χ3n) is 5.49. The van der Waals surface area contributed by atoms with E-state index in [0.29, 0.717) is 12.1 Å². The zero-order chi connectivity index (χ0) is 21.9. The number of nitrogens with one attached hydrogen (secondary N) is 1. The molecule has 2 aromatic rings. The van der Waals surface area contributed by atoms with E-state index < -0.39 is 16.1 Å². The summed E-state index contributed by atoms with van der Waals surface area (Å²) in [5, 5.41) is 3.03. The largest absolute Gasteiger partial charge is 0.347 e. The first-order valence-electron chi connectivity index (χ1n) is 9.89. The molecule has 0 unspecified atom stereocenters. The molecule has 0 aliphatic carbocycles. The molecule has 6 heteroatoms. The predicted octanol–water partition coefficient (Wildman–Crippen LogP) is 4.34. The Morgan fingerprint density at radius 2 is 1.52 bits per heavy atom. The first-order valence-corrected chi connectivity index (χ1v) is 11.7. The fourth-order valence-corrected chi connectivity index (χ4v) is 4.53. The van der Waals surface area contributed by atoms with Crippen molar-refractivity contribution < 1.29 is 13.2 Å². The molecule has 0 aliphatic rings. The van der Waals surface area contributed by atoms with E-state index in [2.05, 4.69) is 11.4 Å². The Balaban J connectivity index is 2.32. The van der Waals surface area contributed by atoms with Crippen LogP contribution in [0.4, 0.5) is 5.69 Å². The van der Waals surface area contributed by atoms with Gasteiger partial charge in [-0.15, -0.1) is 0 Å². The molecule has 1 amide bonds. The molecule has 2 aromatic carbocycles. The third kappa shape index (κ3) is 5.38. The second-order valence-electron chi connectivity index (χ2n) is 7.82. The van der Waals surface area contributed by atoms with Gasteiger partial charge in [0.25, 0.3) is 0 Å². The SMILES string of the molecule is CC[C@H](NC(=O)[C@H](C)N(c1ccc(C)c(C)c1)S(C)(=O)=O)c1ccc(C)c(C)c1. The maximum Gasteiger partial charge on any atom is 0.244 e. The van der Waals surface area contributed by atoms with Crippen LogP contribution in [0, 0.1) is 27.7 Å². The van der Waals surface area contributed by atoms with Gasteiger partial charge in [0, 0.05) is 0 Å². The third-order valence-corrected chi connectivity index (χ3v) is 6.73. The molecule has 0 saturated heterocycles. The molecule has 158 valence electrons. The van der Waals surface area contributed by atoms with Gasteiger partial charge >= 0.3 is 0 Å². The molecule has 0 aliphatic heterocycles. The number of carbonyl (C=O) groups excluding carboxylic acids is 1. The van der Waals surface area contributed by atoms with E-state index in [1.165, 1.54) is 9.87 Å². The quantitative estimate of drug-likeness (QED) is 0.730. The summed E-state index contributed by atoms with van der Waals surface area (Å²) < 4.78 is 26.3. The zero-order valence-electron chi connectivity index (χ0n) is 18.4. The van der Waals surface area contributed by atoms with E-state index >= 15 is 0 Å². The Bertz CT molecular complexity index is 999. The number of hydrogen-bond acceptors (Lipinski definition) is 3. The summed E-state index contributed by atoms with van der Waals surface area (Å²) in [6.45, 7) is 11.6. The minimum Gasteiger partial charge on any atom is -0.347 e. The summed E-state index contributed by atoms with van der Waals surface area (Å²) in [4.78, 5) is 13.0. The van der Waals surface area contributed by atoms with Crippen molar-refractivity contribution in [1.82, 2.24) is 5.32 Å². The lowest BCUT2D eigenvalue weighted by molar-refractivity contribution is -0.122. The lowest BCUT2D eigenvalue weighted by atomic mass is 9.99. The van der Waals surface area contributed by atoms with Crippen LogP contribution in [0.2, 0.25) is 0 Å². The van der Waals surface area contributed by atoms with Gasteiger partial charge in [-0.05, 0) is 81.0 Å². The monoisotopic (exact) mass is 416 g/mol. The summed E-state index contributed by atoms with van der Waals surface area (Å²) in [5.74, 6) is -0.321. The lowest BCUT2D eigenvalue weighted by Gasteiger charge is -2.30. The summed E-state index contributed by atoms with van der Waals surface area (Å²) in [7, 11) is -3.64. The Hall–Kier alpha value is -2.34. The molecule has 2 atom stereocenters. The number of anilines is 1. The van der Waals surface area contributed by atoms with Crippen molar-refractivity contribution >= 4 is 21.6 Å². The van der Waals surface area contributed by atoms with Gasteiger partial charge < -0.3 is 5.32 Å². The number of hydrogen-bond donors (Lipinski definition) is 1. The molecule has 0 saturated carbocycles. The molecule has 5 nitrogen and oxygen atoms in total. The number of amides is 1. The van der Waals surface area contributed by atoms with E-state index in [1.807, 2.05) is 52.8 Å². The highest BCUT2D eigenvalue weighted by molar-refractivity contribution is 7.92. The minimum atomic E-state index is -3.64. The number of rotatable bonds is 7. The highest BCUT2D eigenvalue weighted by atomic mass is 32.2. The number of sulfonamides is 1. The van der Waals surface area contributed by atoms with Gasteiger partial charge in [-0.1, -0.05) is 31.2 Å². The first-order chi connectivity index (χ1) is 13.5. The Morgan fingerprint density at radius 1 is 0.966 bits per heavy atom. The predicted molar refractivity (Wildman–Crippen MR) is 120 cm³/mol. The lowest BCUT2D eigenvalue weighted by Crippen LogP contribution is -2.48. The molecule has 0 aromatic heterocycles. The molecular weight excluding hydrogens is 384 g/mol. The maximum absolute atomic E-state index is 13.0. The Kier molecular flexibility index (Phi) is 7.11. The summed E-state index contributed by atoms with van der Waals surface area (Å²) in [5.41, 5.74) is 5.92. The van der Waals surface area contributed by atoms with Gasteiger partial charge in [0.2, 0.25) is 15.9 Å². The standard InChI is InChI=1S/C23H32N2O3S/c1-8-22(20-11-9-15(2)17(4)13-20)24-23(26)19(6)25(29(7,27)28)21-12-10-16(3)18(5)14-21/h9-14,19,22H,8H2,1-7H3,(H,24,26)/t19-,22-/m0/s1. The number of benzene rings is 2. The molecule has 0 spiro atoms. The van der Waals surface area contributed by atoms with Crippen LogP contribution in [0.1, 0.15) is 54.1 Å². The maximum atomic E-state index is 13.0. The van der Waals surface area contributed by atoms with Crippen LogP contribution < -0.4 is 9.62 Å². The number of nitrogens with zero attached hydrogens (tertiary/aromatic N) is 1. The second kappa shape index (κ2) is 8.99. The van der Waals surface area contributed by atoms with Crippen molar-refractivity contribution in [3.63, 3.8) is 0 Å². The van der Waals surface area contributed by atoms with Gasteiger partial charge in [0.05, 0.1) is 18.0 Å². The summed E-state index contributed by atoms with van der Waals surface area (Å²) in [6.07, 6.45) is 1.84. The topological polar surface area (TPSA) is 66.5 Å². The molecule has 0 heterocycles. The van der Waals surface area contributed by atoms with Crippen LogP contribution in [0.15, 0.2) is 36.4 Å². The Morgan fingerprint density at radius 3 is 2.00 bits per heavy atom. The first kappa shape index (κ1) is 22.9. The van der Waals surface area contributed by atoms with E-state index in [4.69, 9.17) is 0 Å². The molecule has 1 N–H and O–H groups in total. The molecule has 0 radical (unpaired) electrons. The molecule has 29 heavy (non-hydrogen) atoms. The average Bonchev–Trinajstić information content (AvgIpc) is 2.63. The van der Waals surface area contributed by atoms with Gasteiger partial charge in [-0.25, -0.2) is 8.42 Å². The summed E-state index contributed by atoms with van der Waals surface area (Å²) >= 11 is 0. The van der Waals surface area contributed by atoms with Gasteiger partial charge in [-0.2, -0.15) is 0 Å². The van der Waals surface area contributed by atoms with E-state index in [0.717, 1.165) is 28.5 Å². The van der Waals surface area contributed by atoms with Crippen molar-refractivity contribution in [3.8, 4) is 0 Å². The van der Waals surface area contributed by atoms with Crippen LogP contribution in [0.3, 0.4) is 0 Å². The average molecular weight is 417 g/mol. The van der Waals surface area contributed by atoms with Crippen molar-refractivity contribution in [2.45, 2.75) is 60.0 Å². The van der Waals surface area contributed by atoms with E-state index in [-0.39, 0.29) is 11.9 Å². The molecule has 0 fully saturated rings. The minimum absolute atomic E-state index is 0.176. The van der Waals surface area contributed by atoms with Crippen LogP contribution in [0.5, 0.6) is 0 Å². The van der Waals surface area contributed by atoms with Gasteiger partial charge in [0.15, 0.2) is 0 Å². The molecule has 0 bridgehead atoms. The normalized spacial score (nSPS) is 13.6. The molecular formula is C23H32N2O3S. The highest BCUT2D eigenvalue weighted by Crippen LogP contribution is 2.25. The van der Waals surface area contributed by atoms with E-state index in [1.54, 1.807) is 19.1 Å². The number of carbonyl (C=O) groups is 1.